The SMILES string of the molecule is O=C(CSc1nc2c(c(=O)n1-c1ccccc1)SCC2)N1CCCCCC1. The van der Waals surface area contributed by atoms with Crippen molar-refractivity contribution in [1.82, 2.24) is 14.5 Å². The van der Waals surface area contributed by atoms with E-state index in [0.717, 1.165) is 54.4 Å². The van der Waals surface area contributed by atoms with Gasteiger partial charge in [0.15, 0.2) is 5.16 Å². The molecule has 2 aromatic rings. The van der Waals surface area contributed by atoms with Crippen LogP contribution in [0.4, 0.5) is 0 Å². The first kappa shape index (κ1) is 18.6. The molecule has 0 spiro atoms. The quantitative estimate of drug-likeness (QED) is 0.581. The molecule has 1 aromatic carbocycles. The number of likely N-dealkylation sites (tertiary alicyclic amines) is 1. The Labute approximate surface area is 167 Å². The van der Waals surface area contributed by atoms with Crippen LogP contribution in [0.3, 0.4) is 0 Å². The van der Waals surface area contributed by atoms with Crippen molar-refractivity contribution in [3.05, 3.63) is 46.4 Å². The van der Waals surface area contributed by atoms with Crippen LogP contribution in [0.15, 0.2) is 45.2 Å². The standard InChI is InChI=1S/C20H23N3O2S2/c24-17(22-11-6-1-2-7-12-22)14-27-20-21-16-10-13-26-18(16)19(25)23(20)15-8-4-3-5-9-15/h3-5,8-9H,1-2,6-7,10-14H2. The highest BCUT2D eigenvalue weighted by Gasteiger charge is 2.23. The molecule has 0 unspecified atom stereocenters. The summed E-state index contributed by atoms with van der Waals surface area (Å²) in [5, 5.41) is 0.621. The summed E-state index contributed by atoms with van der Waals surface area (Å²) in [6, 6.07) is 9.59. The third-order valence-electron chi connectivity index (χ3n) is 4.96. The van der Waals surface area contributed by atoms with Gasteiger partial charge in [0.25, 0.3) is 5.56 Å². The van der Waals surface area contributed by atoms with Gasteiger partial charge in [-0.3, -0.25) is 14.2 Å². The monoisotopic (exact) mass is 401 g/mol. The summed E-state index contributed by atoms with van der Waals surface area (Å²) in [6.45, 7) is 1.69. The van der Waals surface area contributed by atoms with Crippen LogP contribution in [-0.2, 0) is 11.2 Å². The maximum Gasteiger partial charge on any atom is 0.272 e. The van der Waals surface area contributed by atoms with Crippen LogP contribution in [-0.4, -0.2) is 45.0 Å². The maximum atomic E-state index is 13.1. The molecule has 2 aliphatic heterocycles. The zero-order chi connectivity index (χ0) is 18.6. The zero-order valence-corrected chi connectivity index (χ0v) is 16.9. The molecule has 7 heteroatoms. The first-order chi connectivity index (χ1) is 13.2. The predicted octanol–water partition coefficient (Wildman–Crippen LogP) is 3.38. The van der Waals surface area contributed by atoms with E-state index in [1.807, 2.05) is 35.2 Å². The van der Waals surface area contributed by atoms with Gasteiger partial charge < -0.3 is 4.90 Å². The number of aryl methyl sites for hydroxylation is 1. The second kappa shape index (κ2) is 8.52. The Hall–Kier alpha value is -1.73. The van der Waals surface area contributed by atoms with Gasteiger partial charge in [0.05, 0.1) is 22.0 Å². The van der Waals surface area contributed by atoms with Gasteiger partial charge in [0, 0.05) is 25.3 Å². The fourth-order valence-corrected chi connectivity index (χ4v) is 5.49. The minimum Gasteiger partial charge on any atom is -0.342 e. The van der Waals surface area contributed by atoms with Crippen LogP contribution < -0.4 is 5.56 Å². The number of hydrogen-bond acceptors (Lipinski definition) is 5. The second-order valence-corrected chi connectivity index (χ2v) is 8.88. The van der Waals surface area contributed by atoms with Gasteiger partial charge >= 0.3 is 0 Å². The minimum absolute atomic E-state index is 0.0154. The van der Waals surface area contributed by atoms with Crippen molar-refractivity contribution in [3.63, 3.8) is 0 Å². The van der Waals surface area contributed by atoms with Gasteiger partial charge in [-0.15, -0.1) is 11.8 Å². The molecule has 5 nitrogen and oxygen atoms in total. The predicted molar refractivity (Wildman–Crippen MR) is 110 cm³/mol. The molecule has 1 fully saturated rings. The van der Waals surface area contributed by atoms with Gasteiger partial charge in [0.1, 0.15) is 0 Å². The number of thioether (sulfide) groups is 2. The summed E-state index contributed by atoms with van der Waals surface area (Å²) < 4.78 is 1.66. The van der Waals surface area contributed by atoms with Crippen molar-refractivity contribution in [2.45, 2.75) is 42.2 Å². The van der Waals surface area contributed by atoms with E-state index in [-0.39, 0.29) is 11.5 Å². The molecule has 0 radical (unpaired) electrons. The molecule has 1 aromatic heterocycles. The third kappa shape index (κ3) is 4.09. The number of nitrogens with zero attached hydrogens (tertiary/aromatic N) is 3. The summed E-state index contributed by atoms with van der Waals surface area (Å²) in [4.78, 5) is 33.2. The van der Waals surface area contributed by atoms with Crippen LogP contribution in [0.5, 0.6) is 0 Å². The highest BCUT2D eigenvalue weighted by Crippen LogP contribution is 2.30. The molecular formula is C20H23N3O2S2. The number of hydrogen-bond donors (Lipinski definition) is 0. The molecule has 0 N–H and O–H groups in total. The average Bonchev–Trinajstić information content (AvgIpc) is 3.00. The van der Waals surface area contributed by atoms with E-state index in [9.17, 15) is 9.59 Å². The summed E-state index contributed by atoms with van der Waals surface area (Å²) in [5.41, 5.74) is 1.66. The van der Waals surface area contributed by atoms with Crippen molar-refractivity contribution < 1.29 is 4.79 Å². The van der Waals surface area contributed by atoms with Gasteiger partial charge in [-0.2, -0.15) is 0 Å². The van der Waals surface area contributed by atoms with Crippen molar-refractivity contribution in [2.24, 2.45) is 0 Å². The highest BCUT2D eigenvalue weighted by molar-refractivity contribution is 8.00. The lowest BCUT2D eigenvalue weighted by Gasteiger charge is -2.20. The van der Waals surface area contributed by atoms with Gasteiger partial charge in [-0.05, 0) is 25.0 Å². The van der Waals surface area contributed by atoms with Gasteiger partial charge in [-0.1, -0.05) is 42.8 Å². The molecule has 1 saturated heterocycles. The fourth-order valence-electron chi connectivity index (χ4n) is 3.53. The second-order valence-electron chi connectivity index (χ2n) is 6.83. The van der Waals surface area contributed by atoms with Crippen LogP contribution in [0.25, 0.3) is 5.69 Å². The molecule has 2 aliphatic rings. The van der Waals surface area contributed by atoms with E-state index < -0.39 is 0 Å². The van der Waals surface area contributed by atoms with Gasteiger partial charge in [0.2, 0.25) is 5.91 Å². The number of amides is 1. The molecule has 0 atom stereocenters. The van der Waals surface area contributed by atoms with E-state index >= 15 is 0 Å². The lowest BCUT2D eigenvalue weighted by atomic mass is 10.2. The van der Waals surface area contributed by atoms with Gasteiger partial charge in [-0.25, -0.2) is 4.98 Å². The van der Waals surface area contributed by atoms with Crippen molar-refractivity contribution in [2.75, 3.05) is 24.6 Å². The number of carbonyl (C=O) groups excluding carboxylic acids is 1. The highest BCUT2D eigenvalue weighted by atomic mass is 32.2. The Morgan fingerprint density at radius 2 is 1.85 bits per heavy atom. The van der Waals surface area contributed by atoms with E-state index in [4.69, 9.17) is 4.98 Å². The van der Waals surface area contributed by atoms with E-state index in [2.05, 4.69) is 0 Å². The van der Waals surface area contributed by atoms with Crippen LogP contribution in [0.1, 0.15) is 31.4 Å². The van der Waals surface area contributed by atoms with E-state index in [1.165, 1.54) is 24.6 Å². The van der Waals surface area contributed by atoms with E-state index in [0.29, 0.717) is 10.9 Å². The Bertz CT molecular complexity index is 875. The molecular weight excluding hydrogens is 378 g/mol. The van der Waals surface area contributed by atoms with Crippen LogP contribution in [0, 0.1) is 0 Å². The first-order valence-corrected chi connectivity index (χ1v) is 11.5. The minimum atomic E-state index is -0.0154. The van der Waals surface area contributed by atoms with Crippen molar-refractivity contribution >= 4 is 29.4 Å². The Kier molecular flexibility index (Phi) is 5.88. The number of fused-ring (bicyclic) bond motifs is 1. The Morgan fingerprint density at radius 1 is 1.11 bits per heavy atom. The molecule has 3 heterocycles. The number of benzene rings is 1. The topological polar surface area (TPSA) is 55.2 Å². The number of aromatic nitrogens is 2. The summed E-state index contributed by atoms with van der Waals surface area (Å²) in [6.07, 6.45) is 5.39. The molecule has 4 rings (SSSR count). The lowest BCUT2D eigenvalue weighted by Crippen LogP contribution is -2.33. The maximum absolute atomic E-state index is 13.1. The van der Waals surface area contributed by atoms with Crippen LogP contribution >= 0.6 is 23.5 Å². The Morgan fingerprint density at radius 3 is 2.59 bits per heavy atom. The molecule has 0 aliphatic carbocycles. The summed E-state index contributed by atoms with van der Waals surface area (Å²) in [5.74, 6) is 1.36. The number of carbonyl (C=O) groups is 1. The largest absolute Gasteiger partial charge is 0.342 e. The third-order valence-corrected chi connectivity index (χ3v) is 7.00. The normalized spacial score (nSPS) is 16.8. The summed E-state index contributed by atoms with van der Waals surface area (Å²) >= 11 is 2.96. The molecule has 1 amide bonds. The van der Waals surface area contributed by atoms with E-state index in [1.54, 1.807) is 16.3 Å². The lowest BCUT2D eigenvalue weighted by molar-refractivity contribution is -0.128. The first-order valence-electron chi connectivity index (χ1n) is 9.49. The number of para-hydroxylation sites is 1. The zero-order valence-electron chi connectivity index (χ0n) is 15.2. The molecule has 0 bridgehead atoms. The molecule has 0 saturated carbocycles. The Balaban J connectivity index is 1.61. The van der Waals surface area contributed by atoms with Crippen molar-refractivity contribution in [1.29, 1.82) is 0 Å². The number of rotatable bonds is 4. The summed E-state index contributed by atoms with van der Waals surface area (Å²) in [7, 11) is 0. The average molecular weight is 402 g/mol. The van der Waals surface area contributed by atoms with Crippen LogP contribution in [0.2, 0.25) is 0 Å². The smallest absolute Gasteiger partial charge is 0.272 e. The molecule has 27 heavy (non-hydrogen) atoms. The molecule has 142 valence electrons. The fraction of sp³-hybridized carbons (Fsp3) is 0.450. The van der Waals surface area contributed by atoms with Crippen molar-refractivity contribution in [3.8, 4) is 5.69 Å².